The molecule has 9 atom stereocenters. The average molecular weight is 954 g/mol. The molecule has 0 aromatic rings. The van der Waals surface area contributed by atoms with Crippen LogP contribution in [0.15, 0.2) is 24.3 Å². The molecule has 0 aromatic carbocycles. The van der Waals surface area contributed by atoms with E-state index in [1.54, 1.807) is 0 Å². The summed E-state index contributed by atoms with van der Waals surface area (Å²) in [4.78, 5) is 13.1. The minimum Gasteiger partial charge on any atom is -0.394 e. The highest BCUT2D eigenvalue weighted by atomic mass is 16.7. The van der Waals surface area contributed by atoms with Gasteiger partial charge in [-0.2, -0.15) is 0 Å². The van der Waals surface area contributed by atoms with E-state index in [0.29, 0.717) is 12.8 Å². The lowest BCUT2D eigenvalue weighted by Gasteiger charge is -2.40. The number of carbonyl (C=O) groups is 1. The molecule has 0 aliphatic carbocycles. The molecule has 11 heteroatoms. The fraction of sp³-hybridized carbons (Fsp3) is 0.911. The van der Waals surface area contributed by atoms with Crippen LogP contribution < -0.4 is 5.32 Å². The molecule has 0 aromatic heterocycles. The van der Waals surface area contributed by atoms with Crippen LogP contribution in [0.25, 0.3) is 0 Å². The number of aliphatic hydroxyl groups excluding tert-OH is 7. The zero-order chi connectivity index (χ0) is 49.0. The SMILES string of the molecule is CCCCCC/C=C/CCCC(O)C(O)C(COC1OC(CO)C(O)C(O)C1O)NC(=O)C(O)CCCCCCCCCCCCCCCCC/C=C\CCCCCCCCCCCCCC. The minimum atomic E-state index is -1.66. The molecule has 1 aliphatic rings. The lowest BCUT2D eigenvalue weighted by molar-refractivity contribution is -0.303. The first-order chi connectivity index (χ1) is 32.7. The van der Waals surface area contributed by atoms with Crippen molar-refractivity contribution in [2.24, 2.45) is 0 Å². The lowest BCUT2D eigenvalue weighted by atomic mass is 9.98. The van der Waals surface area contributed by atoms with Crippen molar-refractivity contribution in [1.29, 1.82) is 0 Å². The van der Waals surface area contributed by atoms with Crippen LogP contribution in [0.3, 0.4) is 0 Å². The van der Waals surface area contributed by atoms with Crippen LogP contribution in [0.1, 0.15) is 258 Å². The second-order valence-corrected chi connectivity index (χ2v) is 20.0. The first-order valence-corrected chi connectivity index (χ1v) is 28.2. The number of carbonyl (C=O) groups excluding carboxylic acids is 1. The number of ether oxygens (including phenoxy) is 2. The highest BCUT2D eigenvalue weighted by Gasteiger charge is 2.44. The maximum absolute atomic E-state index is 13.1. The summed E-state index contributed by atoms with van der Waals surface area (Å²) in [5.74, 6) is -0.706. The van der Waals surface area contributed by atoms with Crippen LogP contribution in [0, 0.1) is 0 Å². The van der Waals surface area contributed by atoms with Gasteiger partial charge in [0.1, 0.15) is 36.6 Å². The van der Waals surface area contributed by atoms with Gasteiger partial charge in [-0.3, -0.25) is 4.79 Å². The van der Waals surface area contributed by atoms with Crippen molar-refractivity contribution in [2.45, 2.75) is 313 Å². The van der Waals surface area contributed by atoms with Gasteiger partial charge >= 0.3 is 0 Å². The molecule has 0 spiro atoms. The maximum Gasteiger partial charge on any atom is 0.249 e. The van der Waals surface area contributed by atoms with Gasteiger partial charge in [0, 0.05) is 0 Å². The molecule has 1 aliphatic heterocycles. The Morgan fingerprint density at radius 2 is 0.881 bits per heavy atom. The first-order valence-electron chi connectivity index (χ1n) is 28.2. The number of aliphatic hydroxyl groups is 7. The van der Waals surface area contributed by atoms with E-state index in [-0.39, 0.29) is 12.8 Å². The Balaban J connectivity index is 2.17. The van der Waals surface area contributed by atoms with Crippen LogP contribution in [0.5, 0.6) is 0 Å². The molecule has 1 fully saturated rings. The second kappa shape index (κ2) is 45.7. The Morgan fingerprint density at radius 3 is 1.30 bits per heavy atom. The zero-order valence-corrected chi connectivity index (χ0v) is 43.1. The van der Waals surface area contributed by atoms with E-state index in [0.717, 1.165) is 38.5 Å². The fourth-order valence-corrected chi connectivity index (χ4v) is 9.08. The van der Waals surface area contributed by atoms with E-state index >= 15 is 0 Å². The van der Waals surface area contributed by atoms with Crippen molar-refractivity contribution in [3.63, 3.8) is 0 Å². The quantitative estimate of drug-likeness (QED) is 0.0215. The second-order valence-electron chi connectivity index (χ2n) is 20.0. The number of nitrogens with one attached hydrogen (secondary N) is 1. The third-order valence-electron chi connectivity index (χ3n) is 13.7. The van der Waals surface area contributed by atoms with Crippen LogP contribution in [-0.2, 0) is 14.3 Å². The average Bonchev–Trinajstić information content (AvgIpc) is 3.33. The van der Waals surface area contributed by atoms with E-state index in [9.17, 15) is 40.5 Å². The fourth-order valence-electron chi connectivity index (χ4n) is 9.08. The molecule has 0 saturated carbocycles. The Labute approximate surface area is 410 Å². The number of unbranched alkanes of at least 4 members (excludes halogenated alkanes) is 32. The summed E-state index contributed by atoms with van der Waals surface area (Å²) in [6.07, 6.45) is 42.8. The third-order valence-corrected chi connectivity index (χ3v) is 13.7. The molecule has 9 unspecified atom stereocenters. The van der Waals surface area contributed by atoms with E-state index in [1.807, 2.05) is 0 Å². The van der Waals surface area contributed by atoms with Gasteiger partial charge in [0.2, 0.25) is 5.91 Å². The van der Waals surface area contributed by atoms with Crippen molar-refractivity contribution in [3.8, 4) is 0 Å². The Morgan fingerprint density at radius 1 is 0.507 bits per heavy atom. The molecular formula is C56H107NO10. The van der Waals surface area contributed by atoms with E-state index < -0.39 is 74.2 Å². The van der Waals surface area contributed by atoms with Gasteiger partial charge in [-0.1, -0.05) is 218 Å². The van der Waals surface area contributed by atoms with Crippen molar-refractivity contribution < 1.29 is 50.0 Å². The Kier molecular flexibility index (Phi) is 43.4. The van der Waals surface area contributed by atoms with Crippen LogP contribution in [0.4, 0.5) is 0 Å². The predicted octanol–water partition coefficient (Wildman–Crippen LogP) is 11.3. The monoisotopic (exact) mass is 954 g/mol. The Hall–Kier alpha value is -1.41. The summed E-state index contributed by atoms with van der Waals surface area (Å²) >= 11 is 0. The van der Waals surface area contributed by atoms with Crippen molar-refractivity contribution in [3.05, 3.63) is 24.3 Å². The minimum absolute atomic E-state index is 0.256. The van der Waals surface area contributed by atoms with Gasteiger partial charge < -0.3 is 50.5 Å². The molecule has 0 bridgehead atoms. The smallest absolute Gasteiger partial charge is 0.249 e. The first kappa shape index (κ1) is 63.6. The molecule has 396 valence electrons. The molecule has 1 amide bonds. The normalized spacial score (nSPS) is 20.8. The van der Waals surface area contributed by atoms with Gasteiger partial charge in [0.15, 0.2) is 6.29 Å². The van der Waals surface area contributed by atoms with Crippen molar-refractivity contribution >= 4 is 5.91 Å². The highest BCUT2D eigenvalue weighted by molar-refractivity contribution is 5.80. The van der Waals surface area contributed by atoms with Crippen LogP contribution in [0.2, 0.25) is 0 Å². The summed E-state index contributed by atoms with van der Waals surface area (Å²) in [6, 6.07) is -1.18. The molecule has 1 saturated heterocycles. The number of rotatable bonds is 48. The Bertz CT molecular complexity index is 1140. The molecule has 11 nitrogen and oxygen atoms in total. The number of amides is 1. The standard InChI is InChI=1S/C56H107NO10/c1-3-5-7-9-11-13-14-15-16-17-18-19-20-21-22-23-24-25-26-27-28-29-30-31-32-33-34-36-38-40-42-44-49(60)55(65)57-47(46-66-56-54(64)53(63)52(62)50(45-58)67-56)51(61)48(59)43-41-39-37-35-12-10-8-6-4-2/h21-22,35,37,47-54,56,58-64H,3-20,23-34,36,38-46H2,1-2H3,(H,57,65)/b22-21-,37-35+. The van der Waals surface area contributed by atoms with Gasteiger partial charge in [0.25, 0.3) is 0 Å². The largest absolute Gasteiger partial charge is 0.394 e. The highest BCUT2D eigenvalue weighted by Crippen LogP contribution is 2.23. The van der Waals surface area contributed by atoms with Gasteiger partial charge in [0.05, 0.1) is 25.4 Å². The van der Waals surface area contributed by atoms with Gasteiger partial charge in [-0.05, 0) is 64.2 Å². The molecule has 67 heavy (non-hydrogen) atoms. The predicted molar refractivity (Wildman–Crippen MR) is 275 cm³/mol. The maximum atomic E-state index is 13.1. The number of hydrogen-bond acceptors (Lipinski definition) is 10. The van der Waals surface area contributed by atoms with E-state index in [1.165, 1.54) is 180 Å². The summed E-state index contributed by atoms with van der Waals surface area (Å²) < 4.78 is 11.1. The topological polar surface area (TPSA) is 189 Å². The molecule has 8 N–H and O–H groups in total. The zero-order valence-electron chi connectivity index (χ0n) is 43.1. The molecule has 0 radical (unpaired) electrons. The lowest BCUT2D eigenvalue weighted by Crippen LogP contribution is -2.60. The van der Waals surface area contributed by atoms with Crippen LogP contribution in [-0.4, -0.2) is 110 Å². The summed E-state index contributed by atoms with van der Waals surface area (Å²) in [7, 11) is 0. The number of allylic oxidation sites excluding steroid dienone is 4. The van der Waals surface area contributed by atoms with E-state index in [2.05, 4.69) is 43.5 Å². The van der Waals surface area contributed by atoms with Crippen molar-refractivity contribution in [2.75, 3.05) is 13.2 Å². The molecule has 1 heterocycles. The van der Waals surface area contributed by atoms with Crippen LogP contribution >= 0.6 is 0 Å². The summed E-state index contributed by atoms with van der Waals surface area (Å²) in [5.41, 5.74) is 0. The van der Waals surface area contributed by atoms with Crippen molar-refractivity contribution in [1.82, 2.24) is 5.32 Å². The summed E-state index contributed by atoms with van der Waals surface area (Å²) in [6.45, 7) is 3.40. The molecule has 1 rings (SSSR count). The van der Waals surface area contributed by atoms with Gasteiger partial charge in [-0.15, -0.1) is 0 Å². The van der Waals surface area contributed by atoms with Gasteiger partial charge in [-0.25, -0.2) is 0 Å². The summed E-state index contributed by atoms with van der Waals surface area (Å²) in [5, 5.41) is 75.6. The third kappa shape index (κ3) is 34.5. The van der Waals surface area contributed by atoms with E-state index in [4.69, 9.17) is 9.47 Å². The number of hydrogen-bond donors (Lipinski definition) is 8. The molecular weight excluding hydrogens is 847 g/mol.